The van der Waals surface area contributed by atoms with E-state index in [-0.39, 0.29) is 22.3 Å². The number of sulfone groups is 1. The summed E-state index contributed by atoms with van der Waals surface area (Å²) in [5.74, 6) is -0.564. The van der Waals surface area contributed by atoms with Crippen LogP contribution in [0.3, 0.4) is 0 Å². The molecule has 2 rings (SSSR count). The van der Waals surface area contributed by atoms with E-state index in [9.17, 15) is 13.2 Å². The Bertz CT molecular complexity index is 871. The predicted molar refractivity (Wildman–Crippen MR) is 96.2 cm³/mol. The molecule has 25 heavy (non-hydrogen) atoms. The maximum Gasteiger partial charge on any atom is 0.262 e. The molecule has 0 atom stereocenters. The molecular weight excluding hydrogens is 389 g/mol. The average molecular weight is 404 g/mol. The number of hydrogen-bond donors (Lipinski definition) is 2. The number of benzene rings is 2. The number of carbonyl (C=O) groups is 1. The molecule has 1 amide bonds. The molecule has 9 heteroatoms. The molecule has 0 aromatic heterocycles. The Labute approximate surface area is 155 Å². The van der Waals surface area contributed by atoms with Gasteiger partial charge < -0.3 is 15.2 Å². The summed E-state index contributed by atoms with van der Waals surface area (Å²) in [6.45, 7) is -0.788. The zero-order valence-electron chi connectivity index (χ0n) is 12.9. The highest BCUT2D eigenvalue weighted by Gasteiger charge is 2.14. The first kappa shape index (κ1) is 19.5. The maximum atomic E-state index is 12.0. The fraction of sp³-hybridized carbons (Fsp3) is 0.188. The van der Waals surface area contributed by atoms with E-state index in [0.717, 1.165) is 0 Å². The van der Waals surface area contributed by atoms with E-state index < -0.39 is 22.4 Å². The lowest BCUT2D eigenvalue weighted by atomic mass is 10.3. The number of hydrogen-bond acceptors (Lipinski definition) is 5. The number of nitrogens with one attached hydrogen (secondary N) is 1. The van der Waals surface area contributed by atoms with Gasteiger partial charge in [-0.25, -0.2) is 8.42 Å². The smallest absolute Gasteiger partial charge is 0.262 e. The van der Waals surface area contributed by atoms with Crippen molar-refractivity contribution in [3.05, 3.63) is 52.5 Å². The van der Waals surface area contributed by atoms with E-state index in [4.69, 9.17) is 33.0 Å². The largest absolute Gasteiger partial charge is 0.482 e. The number of amides is 1. The molecule has 0 saturated heterocycles. The lowest BCUT2D eigenvalue weighted by Gasteiger charge is -2.10. The van der Waals surface area contributed by atoms with E-state index in [0.29, 0.717) is 16.5 Å². The van der Waals surface area contributed by atoms with Gasteiger partial charge in [0.15, 0.2) is 16.4 Å². The number of rotatable bonds is 7. The van der Waals surface area contributed by atoms with Crippen LogP contribution in [0.5, 0.6) is 5.75 Å². The summed E-state index contributed by atoms with van der Waals surface area (Å²) in [5.41, 5.74) is 0.301. The van der Waals surface area contributed by atoms with E-state index in [1.165, 1.54) is 24.3 Å². The van der Waals surface area contributed by atoms with Gasteiger partial charge in [0.1, 0.15) is 5.75 Å². The minimum atomic E-state index is -3.60. The molecule has 0 heterocycles. The first-order valence-electron chi connectivity index (χ1n) is 7.13. The minimum absolute atomic E-state index is 0.0148. The van der Waals surface area contributed by atoms with Crippen LogP contribution in [0.25, 0.3) is 0 Å². The van der Waals surface area contributed by atoms with Crippen LogP contribution in [0.4, 0.5) is 5.69 Å². The lowest BCUT2D eigenvalue weighted by molar-refractivity contribution is -0.118. The van der Waals surface area contributed by atoms with Crippen LogP contribution >= 0.6 is 23.2 Å². The van der Waals surface area contributed by atoms with Gasteiger partial charge in [0.25, 0.3) is 5.91 Å². The molecule has 0 fully saturated rings. The Morgan fingerprint density at radius 1 is 1.16 bits per heavy atom. The van der Waals surface area contributed by atoms with Crippen LogP contribution in [-0.4, -0.2) is 38.4 Å². The van der Waals surface area contributed by atoms with Crippen molar-refractivity contribution in [2.24, 2.45) is 0 Å². The molecule has 2 aromatic carbocycles. The van der Waals surface area contributed by atoms with Gasteiger partial charge in [-0.05, 0) is 36.4 Å². The summed E-state index contributed by atoms with van der Waals surface area (Å²) in [5, 5.41) is 12.1. The van der Waals surface area contributed by atoms with Crippen molar-refractivity contribution in [1.82, 2.24) is 0 Å². The molecular formula is C16H15Cl2NO5S. The highest BCUT2D eigenvalue weighted by molar-refractivity contribution is 7.91. The molecule has 6 nitrogen and oxygen atoms in total. The van der Waals surface area contributed by atoms with Gasteiger partial charge in [0.05, 0.1) is 22.3 Å². The van der Waals surface area contributed by atoms with E-state index in [1.54, 1.807) is 18.2 Å². The molecule has 0 spiro atoms. The number of aliphatic hydroxyl groups excluding tert-OH is 1. The second kappa shape index (κ2) is 8.53. The monoisotopic (exact) mass is 403 g/mol. The predicted octanol–water partition coefficient (Wildman–Crippen LogP) is 2.78. The third-order valence-corrected chi connectivity index (χ3v) is 5.31. The fourth-order valence-electron chi connectivity index (χ4n) is 1.94. The van der Waals surface area contributed by atoms with E-state index >= 15 is 0 Å². The first-order valence-corrected chi connectivity index (χ1v) is 9.54. The fourth-order valence-corrected chi connectivity index (χ4v) is 3.47. The van der Waals surface area contributed by atoms with Crippen LogP contribution < -0.4 is 10.1 Å². The summed E-state index contributed by atoms with van der Waals surface area (Å²) in [6.07, 6.45) is 0. The molecule has 2 aromatic rings. The SMILES string of the molecule is O=C(COc1ccc(Cl)cc1Cl)Nc1cccc(S(=O)(=O)CCO)c1. The number of ether oxygens (including phenoxy) is 1. The summed E-state index contributed by atoms with van der Waals surface area (Å²) in [6, 6.07) is 10.4. The first-order chi connectivity index (χ1) is 11.8. The van der Waals surface area contributed by atoms with Gasteiger partial charge in [-0.3, -0.25) is 4.79 Å². The summed E-state index contributed by atoms with van der Waals surface area (Å²) >= 11 is 11.7. The highest BCUT2D eigenvalue weighted by Crippen LogP contribution is 2.27. The topological polar surface area (TPSA) is 92.7 Å². The van der Waals surface area contributed by atoms with Crippen molar-refractivity contribution in [2.45, 2.75) is 4.90 Å². The summed E-state index contributed by atoms with van der Waals surface area (Å²) in [4.78, 5) is 12.0. The third-order valence-electron chi connectivity index (χ3n) is 3.09. The Morgan fingerprint density at radius 2 is 1.92 bits per heavy atom. The van der Waals surface area contributed by atoms with Gasteiger partial charge in [0.2, 0.25) is 0 Å². The molecule has 0 unspecified atom stereocenters. The second-order valence-corrected chi connectivity index (χ2v) is 7.93. The Kier molecular flexibility index (Phi) is 6.66. The zero-order chi connectivity index (χ0) is 18.4. The molecule has 134 valence electrons. The van der Waals surface area contributed by atoms with Gasteiger partial charge in [0, 0.05) is 10.7 Å². The molecule has 0 bridgehead atoms. The van der Waals surface area contributed by atoms with Gasteiger partial charge in [-0.1, -0.05) is 29.3 Å². The number of carbonyl (C=O) groups excluding carboxylic acids is 1. The number of anilines is 1. The third kappa shape index (κ3) is 5.61. The maximum absolute atomic E-state index is 12.0. The van der Waals surface area contributed by atoms with E-state index in [2.05, 4.69) is 5.32 Å². The number of aliphatic hydroxyl groups is 1. The lowest BCUT2D eigenvalue weighted by Crippen LogP contribution is -2.20. The summed E-state index contributed by atoms with van der Waals surface area (Å²) < 4.78 is 29.2. The van der Waals surface area contributed by atoms with Crippen LogP contribution in [0.1, 0.15) is 0 Å². The average Bonchev–Trinajstić information content (AvgIpc) is 2.54. The van der Waals surface area contributed by atoms with E-state index in [1.807, 2.05) is 0 Å². The Hall–Kier alpha value is -1.80. The molecule has 0 radical (unpaired) electrons. The standard InChI is InChI=1S/C16H15Cl2NO5S/c17-11-4-5-15(14(18)8-11)24-10-16(21)19-12-2-1-3-13(9-12)25(22,23)7-6-20/h1-5,8-9,20H,6-7,10H2,(H,19,21). The van der Waals surface area contributed by atoms with Crippen LogP contribution in [0.15, 0.2) is 47.4 Å². The zero-order valence-corrected chi connectivity index (χ0v) is 15.2. The van der Waals surface area contributed by atoms with Gasteiger partial charge >= 0.3 is 0 Å². The van der Waals surface area contributed by atoms with Crippen LogP contribution in [0.2, 0.25) is 10.0 Å². The normalized spacial score (nSPS) is 11.2. The highest BCUT2D eigenvalue weighted by atomic mass is 35.5. The van der Waals surface area contributed by atoms with Gasteiger partial charge in [-0.2, -0.15) is 0 Å². The van der Waals surface area contributed by atoms with Crippen molar-refractivity contribution >= 4 is 44.6 Å². The summed E-state index contributed by atoms with van der Waals surface area (Å²) in [7, 11) is -3.60. The van der Waals surface area contributed by atoms with Crippen molar-refractivity contribution in [1.29, 1.82) is 0 Å². The molecule has 0 aliphatic heterocycles. The Morgan fingerprint density at radius 3 is 2.60 bits per heavy atom. The van der Waals surface area contributed by atoms with Crippen LogP contribution in [0, 0.1) is 0 Å². The van der Waals surface area contributed by atoms with Crippen molar-refractivity contribution in [2.75, 3.05) is 24.3 Å². The number of halogens is 2. The van der Waals surface area contributed by atoms with Gasteiger partial charge in [-0.15, -0.1) is 0 Å². The molecule has 0 aliphatic carbocycles. The second-order valence-electron chi connectivity index (χ2n) is 4.98. The van der Waals surface area contributed by atoms with Crippen LogP contribution in [-0.2, 0) is 14.6 Å². The molecule has 2 N–H and O–H groups in total. The van der Waals surface area contributed by atoms with Crippen molar-refractivity contribution in [3.8, 4) is 5.75 Å². The minimum Gasteiger partial charge on any atom is -0.482 e. The quantitative estimate of drug-likeness (QED) is 0.741. The molecule has 0 aliphatic rings. The van der Waals surface area contributed by atoms with Crippen molar-refractivity contribution in [3.63, 3.8) is 0 Å². The molecule has 0 saturated carbocycles. The Balaban J connectivity index is 2.01. The van der Waals surface area contributed by atoms with Crippen molar-refractivity contribution < 1.29 is 23.1 Å².